The number of amides is 1. The average Bonchev–Trinajstić information content (AvgIpc) is 3.04. The van der Waals surface area contributed by atoms with E-state index in [0.717, 1.165) is 18.4 Å². The first kappa shape index (κ1) is 8.71. The zero-order chi connectivity index (χ0) is 10.3. The molecule has 1 unspecified atom stereocenters. The van der Waals surface area contributed by atoms with E-state index < -0.39 is 0 Å². The first-order chi connectivity index (χ1) is 7.34. The van der Waals surface area contributed by atoms with Gasteiger partial charge in [-0.05, 0) is 18.9 Å². The molecule has 0 bridgehead atoms. The third-order valence-electron chi connectivity index (χ3n) is 2.88. The topological polar surface area (TPSA) is 42.4 Å². The second-order valence-corrected chi connectivity index (χ2v) is 4.04. The van der Waals surface area contributed by atoms with Crippen molar-refractivity contribution in [2.24, 2.45) is 0 Å². The van der Waals surface area contributed by atoms with E-state index >= 15 is 0 Å². The van der Waals surface area contributed by atoms with Crippen LogP contribution < -0.4 is 0 Å². The van der Waals surface area contributed by atoms with Gasteiger partial charge in [0.2, 0.25) is 0 Å². The summed E-state index contributed by atoms with van der Waals surface area (Å²) in [6, 6.07) is 4.24. The maximum Gasteiger partial charge on any atom is 0.410 e. The number of ether oxygens (including phenoxy) is 1. The zero-order valence-electron chi connectivity index (χ0n) is 8.30. The number of nitrogens with zero attached hydrogens (tertiary/aromatic N) is 2. The van der Waals surface area contributed by atoms with E-state index in [1.165, 1.54) is 0 Å². The molecule has 4 nitrogen and oxygen atoms in total. The van der Waals surface area contributed by atoms with Gasteiger partial charge in [0, 0.05) is 24.0 Å². The molecule has 15 heavy (non-hydrogen) atoms. The van der Waals surface area contributed by atoms with Gasteiger partial charge in [-0.1, -0.05) is 6.07 Å². The zero-order valence-corrected chi connectivity index (χ0v) is 8.30. The quantitative estimate of drug-likeness (QED) is 0.736. The molecule has 1 aliphatic heterocycles. The minimum Gasteiger partial charge on any atom is -0.439 e. The molecule has 1 aromatic heterocycles. The number of cyclic esters (lactones) is 1. The monoisotopic (exact) mass is 204 g/mol. The Morgan fingerprint density at radius 1 is 1.47 bits per heavy atom. The number of aromatic nitrogens is 1. The second kappa shape index (κ2) is 3.22. The van der Waals surface area contributed by atoms with E-state index in [9.17, 15) is 4.79 Å². The number of carbonyl (C=O) groups is 1. The summed E-state index contributed by atoms with van der Waals surface area (Å²) < 4.78 is 5.31. The Morgan fingerprint density at radius 2 is 2.33 bits per heavy atom. The molecule has 1 atom stereocenters. The number of hydrogen-bond acceptors (Lipinski definition) is 3. The Labute approximate surface area is 87.9 Å². The summed E-state index contributed by atoms with van der Waals surface area (Å²) in [7, 11) is 0. The Bertz CT molecular complexity index is 375. The van der Waals surface area contributed by atoms with Crippen molar-refractivity contribution in [2.45, 2.75) is 25.0 Å². The number of rotatable bonds is 2. The minimum atomic E-state index is -0.175. The van der Waals surface area contributed by atoms with Crippen LogP contribution in [0.3, 0.4) is 0 Å². The molecule has 2 heterocycles. The number of pyridine rings is 1. The fraction of sp³-hybridized carbons (Fsp3) is 0.455. The van der Waals surface area contributed by atoms with Crippen LogP contribution in [0.5, 0.6) is 0 Å². The summed E-state index contributed by atoms with van der Waals surface area (Å²) in [5.74, 6) is 0. The van der Waals surface area contributed by atoms with Crippen LogP contribution in [-0.4, -0.2) is 28.6 Å². The summed E-state index contributed by atoms with van der Waals surface area (Å²) in [6.45, 7) is 0.676. The van der Waals surface area contributed by atoms with Gasteiger partial charge in [-0.25, -0.2) is 4.79 Å². The molecule has 78 valence electrons. The Morgan fingerprint density at radius 3 is 3.00 bits per heavy atom. The van der Waals surface area contributed by atoms with Gasteiger partial charge in [-0.2, -0.15) is 0 Å². The molecule has 0 N–H and O–H groups in total. The lowest BCUT2D eigenvalue weighted by molar-refractivity contribution is 0.132. The number of hydrogen-bond donors (Lipinski definition) is 0. The van der Waals surface area contributed by atoms with Crippen LogP contribution in [0.4, 0.5) is 4.79 Å². The van der Waals surface area contributed by atoms with Gasteiger partial charge in [0.1, 0.15) is 6.10 Å². The summed E-state index contributed by atoms with van der Waals surface area (Å²) in [5, 5.41) is 0. The molecule has 0 radical (unpaired) electrons. The van der Waals surface area contributed by atoms with Crippen LogP contribution in [0.2, 0.25) is 0 Å². The first-order valence-corrected chi connectivity index (χ1v) is 5.22. The van der Waals surface area contributed by atoms with E-state index in [1.807, 2.05) is 17.0 Å². The third kappa shape index (κ3) is 1.56. The lowest BCUT2D eigenvalue weighted by Crippen LogP contribution is -2.26. The summed E-state index contributed by atoms with van der Waals surface area (Å²) in [6.07, 6.45) is 5.41. The van der Waals surface area contributed by atoms with Crippen LogP contribution in [0, 0.1) is 0 Å². The molecule has 1 aromatic rings. The summed E-state index contributed by atoms with van der Waals surface area (Å²) in [5.41, 5.74) is 0.981. The predicted octanol–water partition coefficient (Wildman–Crippen LogP) is 1.74. The molecule has 2 aliphatic rings. The van der Waals surface area contributed by atoms with Crippen molar-refractivity contribution in [1.29, 1.82) is 0 Å². The molecule has 1 amide bonds. The molecule has 1 aliphatic carbocycles. The minimum absolute atomic E-state index is 0.133. The van der Waals surface area contributed by atoms with Crippen molar-refractivity contribution in [3.8, 4) is 0 Å². The van der Waals surface area contributed by atoms with E-state index in [1.54, 1.807) is 12.4 Å². The van der Waals surface area contributed by atoms with Gasteiger partial charge < -0.3 is 9.64 Å². The number of carbonyl (C=O) groups excluding carboxylic acids is 1. The lowest BCUT2D eigenvalue weighted by atomic mass is 10.1. The van der Waals surface area contributed by atoms with E-state index in [-0.39, 0.29) is 12.2 Å². The molecule has 3 rings (SSSR count). The van der Waals surface area contributed by atoms with E-state index in [4.69, 9.17) is 4.74 Å². The van der Waals surface area contributed by atoms with Crippen LogP contribution >= 0.6 is 0 Å². The molecule has 1 saturated carbocycles. The highest BCUT2D eigenvalue weighted by atomic mass is 16.6. The van der Waals surface area contributed by atoms with Crippen molar-refractivity contribution in [3.05, 3.63) is 30.1 Å². The summed E-state index contributed by atoms with van der Waals surface area (Å²) >= 11 is 0. The van der Waals surface area contributed by atoms with Gasteiger partial charge >= 0.3 is 6.09 Å². The third-order valence-corrected chi connectivity index (χ3v) is 2.88. The van der Waals surface area contributed by atoms with Crippen molar-refractivity contribution >= 4 is 6.09 Å². The van der Waals surface area contributed by atoms with E-state index in [0.29, 0.717) is 12.6 Å². The maximum atomic E-state index is 11.5. The smallest absolute Gasteiger partial charge is 0.410 e. The summed E-state index contributed by atoms with van der Waals surface area (Å²) in [4.78, 5) is 17.4. The highest BCUT2D eigenvalue weighted by Gasteiger charge is 2.41. The molecule has 0 aromatic carbocycles. The molecule has 1 saturated heterocycles. The van der Waals surface area contributed by atoms with Gasteiger partial charge in [0.25, 0.3) is 0 Å². The fourth-order valence-electron chi connectivity index (χ4n) is 1.90. The molecule has 0 spiro atoms. The van der Waals surface area contributed by atoms with Crippen LogP contribution in [0.25, 0.3) is 0 Å². The van der Waals surface area contributed by atoms with Crippen LogP contribution in [0.1, 0.15) is 24.5 Å². The molecular weight excluding hydrogens is 192 g/mol. The highest BCUT2D eigenvalue weighted by Crippen LogP contribution is 2.34. The average molecular weight is 204 g/mol. The molecule has 2 fully saturated rings. The first-order valence-electron chi connectivity index (χ1n) is 5.22. The molecule has 4 heteroatoms. The second-order valence-electron chi connectivity index (χ2n) is 4.04. The van der Waals surface area contributed by atoms with Gasteiger partial charge in [0.15, 0.2) is 0 Å². The maximum absolute atomic E-state index is 11.5. The Kier molecular flexibility index (Phi) is 1.87. The van der Waals surface area contributed by atoms with Crippen LogP contribution in [-0.2, 0) is 4.74 Å². The van der Waals surface area contributed by atoms with Crippen molar-refractivity contribution in [1.82, 2.24) is 9.88 Å². The predicted molar refractivity (Wildman–Crippen MR) is 53.2 cm³/mol. The Balaban J connectivity index is 1.77. The van der Waals surface area contributed by atoms with Crippen molar-refractivity contribution < 1.29 is 9.53 Å². The highest BCUT2D eigenvalue weighted by molar-refractivity contribution is 5.71. The Hall–Kier alpha value is -1.58. The van der Waals surface area contributed by atoms with Crippen molar-refractivity contribution in [2.75, 3.05) is 6.54 Å². The standard InChI is InChI=1S/C11H12N2O2/c14-11-13(9-3-4-9)7-10(15-11)8-2-1-5-12-6-8/h1-2,5-6,9-10H,3-4,7H2. The molecular formula is C11H12N2O2. The SMILES string of the molecule is O=C1OC(c2cccnc2)CN1C1CC1. The van der Waals surface area contributed by atoms with Gasteiger partial charge in [-0.15, -0.1) is 0 Å². The fourth-order valence-corrected chi connectivity index (χ4v) is 1.90. The van der Waals surface area contributed by atoms with E-state index in [2.05, 4.69) is 4.98 Å². The van der Waals surface area contributed by atoms with Gasteiger partial charge in [-0.3, -0.25) is 4.98 Å². The largest absolute Gasteiger partial charge is 0.439 e. The lowest BCUT2D eigenvalue weighted by Gasteiger charge is -2.10. The van der Waals surface area contributed by atoms with Crippen LogP contribution in [0.15, 0.2) is 24.5 Å². The normalized spacial score (nSPS) is 25.5. The van der Waals surface area contributed by atoms with Crippen molar-refractivity contribution in [3.63, 3.8) is 0 Å². The van der Waals surface area contributed by atoms with Gasteiger partial charge in [0.05, 0.1) is 6.54 Å².